The third kappa shape index (κ3) is 4.25. The minimum Gasteiger partial charge on any atom is -0.415 e. The highest BCUT2D eigenvalue weighted by atomic mass is 28.4. The molecule has 0 saturated carbocycles. The van der Waals surface area contributed by atoms with Crippen molar-refractivity contribution in [2.75, 3.05) is 24.2 Å². The number of anilines is 2. The Morgan fingerprint density at radius 1 is 1.35 bits per heavy atom. The standard InChI is InChI=1S/C15H25N3OSi/c1-15(2,3)20(4,5)19-9-8-18-14-7-6-12(11-16)10-13(14)17/h6-7,10,18H,8-9,17H2,1-5H3. The van der Waals surface area contributed by atoms with Crippen LogP contribution in [0.25, 0.3) is 0 Å². The zero-order valence-electron chi connectivity index (χ0n) is 13.1. The lowest BCUT2D eigenvalue weighted by Crippen LogP contribution is -2.41. The van der Waals surface area contributed by atoms with E-state index in [-0.39, 0.29) is 5.04 Å². The molecule has 0 bridgehead atoms. The maximum absolute atomic E-state index is 8.79. The number of benzene rings is 1. The highest BCUT2D eigenvalue weighted by Crippen LogP contribution is 2.36. The van der Waals surface area contributed by atoms with Crippen LogP contribution in [0.1, 0.15) is 26.3 Å². The van der Waals surface area contributed by atoms with Crippen LogP contribution in [0.5, 0.6) is 0 Å². The van der Waals surface area contributed by atoms with Gasteiger partial charge in [-0.15, -0.1) is 0 Å². The van der Waals surface area contributed by atoms with E-state index in [4.69, 9.17) is 15.4 Å². The predicted octanol–water partition coefficient (Wildman–Crippen LogP) is 3.57. The number of nitrogens with two attached hydrogens (primary N) is 1. The molecule has 3 N–H and O–H groups in total. The minimum absolute atomic E-state index is 0.223. The van der Waals surface area contributed by atoms with E-state index in [1.807, 2.05) is 6.07 Å². The lowest BCUT2D eigenvalue weighted by Gasteiger charge is -2.36. The van der Waals surface area contributed by atoms with E-state index in [9.17, 15) is 0 Å². The topological polar surface area (TPSA) is 71.1 Å². The van der Waals surface area contributed by atoms with Crippen molar-refractivity contribution >= 4 is 19.7 Å². The summed E-state index contributed by atoms with van der Waals surface area (Å²) in [5.74, 6) is 0. The van der Waals surface area contributed by atoms with Crippen molar-refractivity contribution < 1.29 is 4.43 Å². The van der Waals surface area contributed by atoms with E-state index in [2.05, 4.69) is 45.3 Å². The maximum Gasteiger partial charge on any atom is 0.192 e. The molecule has 5 heteroatoms. The summed E-state index contributed by atoms with van der Waals surface area (Å²) in [5, 5.41) is 12.3. The van der Waals surface area contributed by atoms with Gasteiger partial charge in [0, 0.05) is 6.54 Å². The van der Waals surface area contributed by atoms with E-state index in [0.717, 1.165) is 5.69 Å². The van der Waals surface area contributed by atoms with Crippen molar-refractivity contribution in [3.05, 3.63) is 23.8 Å². The summed E-state index contributed by atoms with van der Waals surface area (Å²) >= 11 is 0. The molecular formula is C15H25N3OSi. The van der Waals surface area contributed by atoms with Crippen LogP contribution < -0.4 is 11.1 Å². The SMILES string of the molecule is CC(C)(C)[Si](C)(C)OCCNc1ccc(C#N)cc1N. The molecule has 1 aromatic carbocycles. The molecule has 1 rings (SSSR count). The molecule has 110 valence electrons. The van der Waals surface area contributed by atoms with Crippen molar-refractivity contribution in [3.63, 3.8) is 0 Å². The van der Waals surface area contributed by atoms with Gasteiger partial charge in [-0.25, -0.2) is 0 Å². The smallest absolute Gasteiger partial charge is 0.192 e. The van der Waals surface area contributed by atoms with E-state index in [1.54, 1.807) is 12.1 Å². The van der Waals surface area contributed by atoms with Crippen LogP contribution in [-0.2, 0) is 4.43 Å². The largest absolute Gasteiger partial charge is 0.415 e. The second-order valence-electron chi connectivity index (χ2n) is 6.45. The molecule has 0 saturated heterocycles. The van der Waals surface area contributed by atoms with Gasteiger partial charge < -0.3 is 15.5 Å². The average molecular weight is 291 g/mol. The van der Waals surface area contributed by atoms with Gasteiger partial charge in [0.2, 0.25) is 0 Å². The van der Waals surface area contributed by atoms with Gasteiger partial charge in [0.05, 0.1) is 29.6 Å². The van der Waals surface area contributed by atoms with E-state index in [1.165, 1.54) is 0 Å². The van der Waals surface area contributed by atoms with Crippen LogP contribution >= 0.6 is 0 Å². The summed E-state index contributed by atoms with van der Waals surface area (Å²) < 4.78 is 6.08. The van der Waals surface area contributed by atoms with Crippen LogP contribution in [0.15, 0.2) is 18.2 Å². The molecule has 0 aromatic heterocycles. The third-order valence-electron chi connectivity index (χ3n) is 3.87. The molecule has 0 atom stereocenters. The fourth-order valence-electron chi connectivity index (χ4n) is 1.50. The van der Waals surface area contributed by atoms with Crippen molar-refractivity contribution in [1.82, 2.24) is 0 Å². The van der Waals surface area contributed by atoms with Gasteiger partial charge in [-0.05, 0) is 36.3 Å². The van der Waals surface area contributed by atoms with Gasteiger partial charge in [0.15, 0.2) is 8.32 Å². The second-order valence-corrected chi connectivity index (χ2v) is 11.3. The summed E-state index contributed by atoms with van der Waals surface area (Å²) in [6, 6.07) is 7.34. The number of nitrogen functional groups attached to an aromatic ring is 1. The molecule has 0 spiro atoms. The van der Waals surface area contributed by atoms with Crippen LogP contribution in [0.3, 0.4) is 0 Å². The van der Waals surface area contributed by atoms with Crippen molar-refractivity contribution in [1.29, 1.82) is 5.26 Å². The molecule has 0 unspecified atom stereocenters. The quantitative estimate of drug-likeness (QED) is 0.494. The van der Waals surface area contributed by atoms with Crippen LogP contribution in [-0.4, -0.2) is 21.5 Å². The first-order valence-corrected chi connectivity index (χ1v) is 9.75. The first kappa shape index (κ1) is 16.5. The Hall–Kier alpha value is -1.51. The maximum atomic E-state index is 8.79. The molecule has 20 heavy (non-hydrogen) atoms. The Balaban J connectivity index is 2.48. The summed E-state index contributed by atoms with van der Waals surface area (Å²) in [7, 11) is -1.69. The van der Waals surface area contributed by atoms with E-state index < -0.39 is 8.32 Å². The van der Waals surface area contributed by atoms with Gasteiger partial charge in [-0.2, -0.15) is 5.26 Å². The predicted molar refractivity (Wildman–Crippen MR) is 87.2 cm³/mol. The molecular weight excluding hydrogens is 266 g/mol. The van der Waals surface area contributed by atoms with Crippen molar-refractivity contribution in [2.24, 2.45) is 0 Å². The lowest BCUT2D eigenvalue weighted by atomic mass is 10.2. The number of nitriles is 1. The summed E-state index contributed by atoms with van der Waals surface area (Å²) in [4.78, 5) is 0. The minimum atomic E-state index is -1.69. The van der Waals surface area contributed by atoms with Gasteiger partial charge in [0.1, 0.15) is 0 Å². The molecule has 4 nitrogen and oxygen atoms in total. The van der Waals surface area contributed by atoms with E-state index >= 15 is 0 Å². The van der Waals surface area contributed by atoms with Gasteiger partial charge in [-0.3, -0.25) is 0 Å². The summed E-state index contributed by atoms with van der Waals surface area (Å²) in [6.45, 7) is 12.5. The number of nitrogens with zero attached hydrogens (tertiary/aromatic N) is 1. The Labute approximate surface area is 123 Å². The zero-order chi connectivity index (χ0) is 15.4. The molecule has 0 amide bonds. The molecule has 0 heterocycles. The van der Waals surface area contributed by atoms with Crippen LogP contribution in [0, 0.1) is 11.3 Å². The van der Waals surface area contributed by atoms with Gasteiger partial charge in [0.25, 0.3) is 0 Å². The first-order chi connectivity index (χ1) is 9.17. The number of hydrogen-bond donors (Lipinski definition) is 2. The van der Waals surface area contributed by atoms with Crippen LogP contribution in [0.2, 0.25) is 18.1 Å². The monoisotopic (exact) mass is 291 g/mol. The second kappa shape index (κ2) is 6.29. The number of nitrogens with one attached hydrogen (secondary N) is 1. The van der Waals surface area contributed by atoms with E-state index in [0.29, 0.717) is 24.4 Å². The fraction of sp³-hybridized carbons (Fsp3) is 0.533. The summed E-state index contributed by atoms with van der Waals surface area (Å²) in [6.07, 6.45) is 0. The first-order valence-electron chi connectivity index (χ1n) is 6.85. The molecule has 1 aromatic rings. The Kier molecular flexibility index (Phi) is 5.20. The average Bonchev–Trinajstić information content (AvgIpc) is 2.34. The number of hydrogen-bond acceptors (Lipinski definition) is 4. The third-order valence-corrected chi connectivity index (χ3v) is 8.41. The molecule has 0 fully saturated rings. The Bertz CT molecular complexity index is 501. The highest BCUT2D eigenvalue weighted by molar-refractivity contribution is 6.74. The van der Waals surface area contributed by atoms with Gasteiger partial charge >= 0.3 is 0 Å². The number of rotatable bonds is 5. The molecule has 0 radical (unpaired) electrons. The summed E-state index contributed by atoms with van der Waals surface area (Å²) in [5.41, 5.74) is 7.91. The lowest BCUT2D eigenvalue weighted by molar-refractivity contribution is 0.301. The Morgan fingerprint density at radius 2 is 2.00 bits per heavy atom. The zero-order valence-corrected chi connectivity index (χ0v) is 14.1. The Morgan fingerprint density at radius 3 is 2.50 bits per heavy atom. The highest BCUT2D eigenvalue weighted by Gasteiger charge is 2.36. The van der Waals surface area contributed by atoms with Gasteiger partial charge in [-0.1, -0.05) is 20.8 Å². The molecule has 0 aliphatic heterocycles. The van der Waals surface area contributed by atoms with Crippen molar-refractivity contribution in [3.8, 4) is 6.07 Å². The van der Waals surface area contributed by atoms with Crippen LogP contribution in [0.4, 0.5) is 11.4 Å². The fourth-order valence-corrected chi connectivity index (χ4v) is 2.55. The normalized spacial score (nSPS) is 12.0. The van der Waals surface area contributed by atoms with Crippen molar-refractivity contribution in [2.45, 2.75) is 38.9 Å². The molecule has 0 aliphatic carbocycles. The molecule has 0 aliphatic rings.